The molecule has 0 atom stereocenters. The number of esters is 1. The molecule has 18 heavy (non-hydrogen) atoms. The van der Waals surface area contributed by atoms with Crippen molar-refractivity contribution in [2.75, 3.05) is 6.61 Å². The summed E-state index contributed by atoms with van der Waals surface area (Å²) >= 11 is 0. The molecule has 0 N–H and O–H groups in total. The molecule has 0 unspecified atom stereocenters. The van der Waals surface area contributed by atoms with Gasteiger partial charge in [-0.2, -0.15) is 0 Å². The van der Waals surface area contributed by atoms with Crippen LogP contribution in [-0.4, -0.2) is 12.6 Å². The predicted molar refractivity (Wildman–Crippen MR) is 74.6 cm³/mol. The molecular weight excluding hydrogens is 224 g/mol. The predicted octanol–water partition coefficient (Wildman–Crippen LogP) is 3.92. The van der Waals surface area contributed by atoms with E-state index in [9.17, 15) is 4.79 Å². The van der Waals surface area contributed by atoms with Crippen LogP contribution in [0.15, 0.2) is 24.3 Å². The molecule has 2 heteroatoms. The molecule has 0 saturated heterocycles. The van der Waals surface area contributed by atoms with Gasteiger partial charge in [-0.1, -0.05) is 37.6 Å². The van der Waals surface area contributed by atoms with Crippen LogP contribution in [0.1, 0.15) is 50.7 Å². The van der Waals surface area contributed by atoms with Gasteiger partial charge in [0.2, 0.25) is 0 Å². The van der Waals surface area contributed by atoms with E-state index in [0.29, 0.717) is 13.0 Å². The van der Waals surface area contributed by atoms with Crippen LogP contribution in [0.2, 0.25) is 0 Å². The lowest BCUT2D eigenvalue weighted by Gasteiger charge is -2.04. The van der Waals surface area contributed by atoms with E-state index in [1.54, 1.807) is 0 Å². The van der Waals surface area contributed by atoms with Crippen LogP contribution in [0.25, 0.3) is 0 Å². The molecule has 0 heterocycles. The Labute approximate surface area is 110 Å². The first kappa shape index (κ1) is 14.7. The second kappa shape index (κ2) is 8.73. The number of hydrogen-bond donors (Lipinski definition) is 0. The van der Waals surface area contributed by atoms with Gasteiger partial charge in [-0.25, -0.2) is 0 Å². The molecule has 0 saturated carbocycles. The van der Waals surface area contributed by atoms with Crippen molar-refractivity contribution in [2.24, 2.45) is 0 Å². The Balaban J connectivity index is 2.12. The van der Waals surface area contributed by atoms with Crippen LogP contribution >= 0.6 is 0 Å². The molecule has 0 amide bonds. The molecule has 0 aliphatic rings. The summed E-state index contributed by atoms with van der Waals surface area (Å²) in [6, 6.07) is 8.83. The fourth-order valence-electron chi connectivity index (χ4n) is 1.95. The van der Waals surface area contributed by atoms with E-state index in [1.165, 1.54) is 11.1 Å². The molecule has 1 aromatic carbocycles. The third-order valence-corrected chi connectivity index (χ3v) is 3.08. The Bertz CT molecular complexity index is 341. The maximum Gasteiger partial charge on any atom is 0.305 e. The summed E-state index contributed by atoms with van der Waals surface area (Å²) in [5.74, 6) is -0.0650. The van der Waals surface area contributed by atoms with E-state index in [1.807, 2.05) is 6.92 Å². The van der Waals surface area contributed by atoms with E-state index in [0.717, 1.165) is 32.1 Å². The highest BCUT2D eigenvalue weighted by molar-refractivity contribution is 5.69. The number of benzene rings is 1. The van der Waals surface area contributed by atoms with Crippen molar-refractivity contribution in [3.05, 3.63) is 35.4 Å². The Morgan fingerprint density at radius 2 is 1.67 bits per heavy atom. The highest BCUT2D eigenvalue weighted by Crippen LogP contribution is 2.10. The SMILES string of the molecule is CCOC(=O)CCCCCc1ccc(CC)cc1. The lowest BCUT2D eigenvalue weighted by atomic mass is 10.0. The maximum absolute atomic E-state index is 11.1. The Hall–Kier alpha value is -1.31. The Kier molecular flexibility index (Phi) is 7.16. The summed E-state index contributed by atoms with van der Waals surface area (Å²) in [4.78, 5) is 11.1. The number of hydrogen-bond acceptors (Lipinski definition) is 2. The normalized spacial score (nSPS) is 10.3. The summed E-state index contributed by atoms with van der Waals surface area (Å²) in [6.07, 6.45) is 5.93. The van der Waals surface area contributed by atoms with E-state index < -0.39 is 0 Å². The topological polar surface area (TPSA) is 26.3 Å². The zero-order valence-corrected chi connectivity index (χ0v) is 11.6. The van der Waals surface area contributed by atoms with Crippen molar-refractivity contribution in [3.8, 4) is 0 Å². The van der Waals surface area contributed by atoms with Crippen LogP contribution < -0.4 is 0 Å². The quantitative estimate of drug-likeness (QED) is 0.515. The number of carbonyl (C=O) groups excluding carboxylic acids is 1. The molecule has 0 aromatic heterocycles. The molecule has 0 aliphatic heterocycles. The molecule has 0 spiro atoms. The molecule has 100 valence electrons. The summed E-state index contributed by atoms with van der Waals surface area (Å²) in [5.41, 5.74) is 2.78. The molecule has 0 radical (unpaired) electrons. The number of carbonyl (C=O) groups is 1. The lowest BCUT2D eigenvalue weighted by molar-refractivity contribution is -0.143. The van der Waals surface area contributed by atoms with Crippen LogP contribution in [-0.2, 0) is 22.4 Å². The van der Waals surface area contributed by atoms with E-state index >= 15 is 0 Å². The van der Waals surface area contributed by atoms with Gasteiger partial charge >= 0.3 is 5.97 Å². The number of ether oxygens (including phenoxy) is 1. The Morgan fingerprint density at radius 1 is 1.00 bits per heavy atom. The van der Waals surface area contributed by atoms with Crippen LogP contribution in [0, 0.1) is 0 Å². The average molecular weight is 248 g/mol. The second-order valence-corrected chi connectivity index (χ2v) is 4.54. The van der Waals surface area contributed by atoms with Gasteiger partial charge in [0, 0.05) is 6.42 Å². The first-order valence-corrected chi connectivity index (χ1v) is 6.99. The summed E-state index contributed by atoms with van der Waals surface area (Å²) < 4.78 is 4.89. The summed E-state index contributed by atoms with van der Waals surface area (Å²) in [6.45, 7) is 4.50. The largest absolute Gasteiger partial charge is 0.466 e. The third kappa shape index (κ3) is 5.85. The van der Waals surface area contributed by atoms with Gasteiger partial charge in [0.1, 0.15) is 0 Å². The van der Waals surface area contributed by atoms with Crippen LogP contribution in [0.4, 0.5) is 0 Å². The molecule has 0 aliphatic carbocycles. The van der Waals surface area contributed by atoms with Crippen molar-refractivity contribution >= 4 is 5.97 Å². The van der Waals surface area contributed by atoms with Crippen LogP contribution in [0.3, 0.4) is 0 Å². The van der Waals surface area contributed by atoms with E-state index in [-0.39, 0.29) is 5.97 Å². The summed E-state index contributed by atoms with van der Waals surface area (Å²) in [7, 11) is 0. The lowest BCUT2D eigenvalue weighted by Crippen LogP contribution is -2.03. The highest BCUT2D eigenvalue weighted by atomic mass is 16.5. The first-order chi connectivity index (χ1) is 8.76. The van der Waals surface area contributed by atoms with E-state index in [4.69, 9.17) is 4.74 Å². The average Bonchev–Trinajstić information content (AvgIpc) is 2.39. The zero-order chi connectivity index (χ0) is 13.2. The van der Waals surface area contributed by atoms with Gasteiger partial charge in [-0.05, 0) is 43.7 Å². The van der Waals surface area contributed by atoms with Gasteiger partial charge < -0.3 is 4.74 Å². The third-order valence-electron chi connectivity index (χ3n) is 3.08. The van der Waals surface area contributed by atoms with Gasteiger partial charge in [-0.15, -0.1) is 0 Å². The van der Waals surface area contributed by atoms with Crippen molar-refractivity contribution in [1.82, 2.24) is 0 Å². The summed E-state index contributed by atoms with van der Waals surface area (Å²) in [5, 5.41) is 0. The van der Waals surface area contributed by atoms with Crippen molar-refractivity contribution in [3.63, 3.8) is 0 Å². The molecule has 1 rings (SSSR count). The minimum atomic E-state index is -0.0650. The number of aryl methyl sites for hydroxylation is 2. The first-order valence-electron chi connectivity index (χ1n) is 6.99. The minimum Gasteiger partial charge on any atom is -0.466 e. The minimum absolute atomic E-state index is 0.0650. The molecule has 1 aromatic rings. The monoisotopic (exact) mass is 248 g/mol. The van der Waals surface area contributed by atoms with Gasteiger partial charge in [0.15, 0.2) is 0 Å². The number of rotatable bonds is 8. The van der Waals surface area contributed by atoms with Crippen molar-refractivity contribution in [2.45, 2.75) is 52.4 Å². The van der Waals surface area contributed by atoms with Gasteiger partial charge in [-0.3, -0.25) is 4.79 Å². The Morgan fingerprint density at radius 3 is 2.28 bits per heavy atom. The molecule has 0 bridgehead atoms. The fourth-order valence-corrected chi connectivity index (χ4v) is 1.95. The standard InChI is InChI=1S/C16H24O2/c1-3-14-10-12-15(13-11-14)8-6-5-7-9-16(17)18-4-2/h10-13H,3-9H2,1-2H3. The maximum atomic E-state index is 11.1. The van der Waals surface area contributed by atoms with Gasteiger partial charge in [0.05, 0.1) is 6.61 Å². The second-order valence-electron chi connectivity index (χ2n) is 4.54. The smallest absolute Gasteiger partial charge is 0.305 e. The van der Waals surface area contributed by atoms with Crippen molar-refractivity contribution in [1.29, 1.82) is 0 Å². The number of unbranched alkanes of at least 4 members (excludes halogenated alkanes) is 2. The molecule has 2 nitrogen and oxygen atoms in total. The molecule has 0 fully saturated rings. The fraction of sp³-hybridized carbons (Fsp3) is 0.562. The van der Waals surface area contributed by atoms with Gasteiger partial charge in [0.25, 0.3) is 0 Å². The van der Waals surface area contributed by atoms with Crippen molar-refractivity contribution < 1.29 is 9.53 Å². The van der Waals surface area contributed by atoms with E-state index in [2.05, 4.69) is 31.2 Å². The highest BCUT2D eigenvalue weighted by Gasteiger charge is 2.01. The molecular formula is C16H24O2. The zero-order valence-electron chi connectivity index (χ0n) is 11.6. The van der Waals surface area contributed by atoms with Crippen LogP contribution in [0.5, 0.6) is 0 Å².